The molecule has 10 heavy (non-hydrogen) atoms. The van der Waals surface area contributed by atoms with Gasteiger partial charge in [-0.1, -0.05) is 36.4 Å². The van der Waals surface area contributed by atoms with Crippen LogP contribution in [0.3, 0.4) is 0 Å². The van der Waals surface area contributed by atoms with Crippen molar-refractivity contribution in [2.24, 2.45) is 5.73 Å². The molecule has 1 aromatic rings. The van der Waals surface area contributed by atoms with Gasteiger partial charge in [0.05, 0.1) is 0 Å². The molecule has 0 aliphatic rings. The van der Waals surface area contributed by atoms with Gasteiger partial charge in [0.15, 0.2) is 0 Å². The topological polar surface area (TPSA) is 43.1 Å². The molecule has 0 fully saturated rings. The average molecular weight is 157 g/mol. The number of benzene rings is 1. The van der Waals surface area contributed by atoms with E-state index in [9.17, 15) is 0 Å². The van der Waals surface area contributed by atoms with Crippen molar-refractivity contribution in [2.45, 2.75) is 0 Å². The molecule has 0 atom stereocenters. The van der Waals surface area contributed by atoms with Crippen molar-refractivity contribution in [1.29, 1.82) is 0 Å². The van der Waals surface area contributed by atoms with E-state index in [4.69, 9.17) is 4.79 Å². The van der Waals surface area contributed by atoms with Crippen LogP contribution in [0.4, 0.5) is 0 Å². The van der Waals surface area contributed by atoms with Crippen molar-refractivity contribution in [2.75, 3.05) is 0 Å². The third kappa shape index (κ3) is 10.1. The van der Waals surface area contributed by atoms with Gasteiger partial charge in [-0.2, -0.15) is 13.5 Å². The third-order valence-corrected chi connectivity index (χ3v) is 0.667. The van der Waals surface area contributed by atoms with Gasteiger partial charge in [0, 0.05) is 0 Å². The van der Waals surface area contributed by atoms with Crippen LogP contribution >= 0.6 is 13.5 Å². The summed E-state index contributed by atoms with van der Waals surface area (Å²) in [6.07, 6.45) is 0.250. The molecule has 2 N–H and O–H groups in total. The molecule has 0 saturated heterocycles. The van der Waals surface area contributed by atoms with E-state index in [1.54, 1.807) is 0 Å². The summed E-state index contributed by atoms with van der Waals surface area (Å²) in [6.45, 7) is 0. The van der Waals surface area contributed by atoms with E-state index in [0.717, 1.165) is 0 Å². The molecule has 0 aliphatic heterocycles. The first-order valence-corrected chi connectivity index (χ1v) is 2.57. The SMILES string of the molecule is NC=O.S.c1ccccc1. The number of carbonyl (C=O) groups excluding carboxylic acids is 1. The number of rotatable bonds is 0. The van der Waals surface area contributed by atoms with Crippen LogP contribution in [0.2, 0.25) is 0 Å². The number of hydrogen-bond donors (Lipinski definition) is 1. The summed E-state index contributed by atoms with van der Waals surface area (Å²) in [5.41, 5.74) is 4.17. The minimum absolute atomic E-state index is 0. The second-order valence-corrected chi connectivity index (χ2v) is 1.29. The van der Waals surface area contributed by atoms with Gasteiger partial charge in [-0.15, -0.1) is 0 Å². The van der Waals surface area contributed by atoms with Crippen LogP contribution in [-0.4, -0.2) is 6.41 Å². The smallest absolute Gasteiger partial charge is 0.204 e. The van der Waals surface area contributed by atoms with E-state index in [1.165, 1.54) is 0 Å². The highest BCUT2D eigenvalue weighted by Gasteiger charge is 1.57. The van der Waals surface area contributed by atoms with Gasteiger partial charge < -0.3 is 5.73 Å². The van der Waals surface area contributed by atoms with Crippen molar-refractivity contribution in [3.63, 3.8) is 0 Å². The first-order valence-electron chi connectivity index (χ1n) is 2.57. The Labute approximate surface area is 67.5 Å². The van der Waals surface area contributed by atoms with Crippen LogP contribution in [-0.2, 0) is 4.79 Å². The zero-order valence-corrected chi connectivity index (χ0v) is 6.53. The van der Waals surface area contributed by atoms with E-state index in [-0.39, 0.29) is 19.9 Å². The molecule has 1 rings (SSSR count). The molecule has 56 valence electrons. The quantitative estimate of drug-likeness (QED) is 0.559. The van der Waals surface area contributed by atoms with Crippen molar-refractivity contribution in [3.05, 3.63) is 36.4 Å². The molecule has 0 spiro atoms. The van der Waals surface area contributed by atoms with Crippen molar-refractivity contribution >= 4 is 19.9 Å². The van der Waals surface area contributed by atoms with Crippen molar-refractivity contribution in [3.8, 4) is 0 Å². The molecule has 0 aliphatic carbocycles. The van der Waals surface area contributed by atoms with E-state index in [1.807, 2.05) is 36.4 Å². The number of primary amides is 1. The fourth-order valence-corrected chi connectivity index (χ4v) is 0.385. The molecule has 0 unspecified atom stereocenters. The lowest BCUT2D eigenvalue weighted by Crippen LogP contribution is -1.82. The van der Waals surface area contributed by atoms with E-state index in [2.05, 4.69) is 5.73 Å². The lowest BCUT2D eigenvalue weighted by Gasteiger charge is -1.69. The summed E-state index contributed by atoms with van der Waals surface area (Å²) in [5.74, 6) is 0. The minimum atomic E-state index is 0. The van der Waals surface area contributed by atoms with Crippen LogP contribution in [0.1, 0.15) is 0 Å². The lowest BCUT2D eigenvalue weighted by atomic mass is 10.4. The summed E-state index contributed by atoms with van der Waals surface area (Å²) in [5, 5.41) is 0. The summed E-state index contributed by atoms with van der Waals surface area (Å²) in [6, 6.07) is 12.0. The van der Waals surface area contributed by atoms with E-state index >= 15 is 0 Å². The van der Waals surface area contributed by atoms with Crippen LogP contribution < -0.4 is 5.73 Å². The third-order valence-electron chi connectivity index (χ3n) is 0.667. The predicted octanol–water partition coefficient (Wildman–Crippen LogP) is 0.901. The van der Waals surface area contributed by atoms with Crippen LogP contribution in [0.15, 0.2) is 36.4 Å². The van der Waals surface area contributed by atoms with Gasteiger partial charge >= 0.3 is 0 Å². The molecule has 0 bridgehead atoms. The Hall–Kier alpha value is -0.960. The normalized spacial score (nSPS) is 6.00. The number of hydrogen-bond acceptors (Lipinski definition) is 1. The fourth-order valence-electron chi connectivity index (χ4n) is 0.385. The van der Waals surface area contributed by atoms with Crippen LogP contribution in [0.25, 0.3) is 0 Å². The Morgan fingerprint density at radius 1 is 0.900 bits per heavy atom. The zero-order valence-electron chi connectivity index (χ0n) is 5.53. The van der Waals surface area contributed by atoms with E-state index in [0.29, 0.717) is 0 Å². The Morgan fingerprint density at radius 3 is 1.10 bits per heavy atom. The van der Waals surface area contributed by atoms with Crippen LogP contribution in [0, 0.1) is 0 Å². The Bertz CT molecular complexity index is 117. The number of carbonyl (C=O) groups is 1. The monoisotopic (exact) mass is 157 g/mol. The molecule has 1 aromatic carbocycles. The maximum Gasteiger partial charge on any atom is 0.204 e. The molecular formula is C7H11NOS. The molecule has 0 radical (unpaired) electrons. The highest BCUT2D eigenvalue weighted by Crippen LogP contribution is 1.79. The van der Waals surface area contributed by atoms with Gasteiger partial charge in [0.25, 0.3) is 0 Å². The summed E-state index contributed by atoms with van der Waals surface area (Å²) in [4.78, 5) is 8.58. The Balaban J connectivity index is 0. The van der Waals surface area contributed by atoms with Gasteiger partial charge in [-0.3, -0.25) is 4.79 Å². The molecule has 0 aromatic heterocycles. The first-order chi connectivity index (χ1) is 4.41. The van der Waals surface area contributed by atoms with Gasteiger partial charge in [0.1, 0.15) is 0 Å². The lowest BCUT2D eigenvalue weighted by molar-refractivity contribution is -0.106. The minimum Gasteiger partial charge on any atom is -0.372 e. The van der Waals surface area contributed by atoms with Gasteiger partial charge in [-0.05, 0) is 0 Å². The molecule has 3 heteroatoms. The molecule has 0 saturated carbocycles. The highest BCUT2D eigenvalue weighted by molar-refractivity contribution is 7.59. The molecule has 1 amide bonds. The predicted molar refractivity (Wildman–Crippen MR) is 47.1 cm³/mol. The Morgan fingerprint density at radius 2 is 1.00 bits per heavy atom. The first kappa shape index (κ1) is 11.8. The van der Waals surface area contributed by atoms with Crippen LogP contribution in [0.5, 0.6) is 0 Å². The maximum atomic E-state index is 8.58. The zero-order chi connectivity index (χ0) is 6.95. The molecule has 2 nitrogen and oxygen atoms in total. The second kappa shape index (κ2) is 10.9. The van der Waals surface area contributed by atoms with Crippen molar-refractivity contribution < 1.29 is 4.79 Å². The number of nitrogens with two attached hydrogens (primary N) is 1. The summed E-state index contributed by atoms with van der Waals surface area (Å²) < 4.78 is 0. The summed E-state index contributed by atoms with van der Waals surface area (Å²) in [7, 11) is 0. The maximum absolute atomic E-state index is 8.58. The second-order valence-electron chi connectivity index (χ2n) is 1.29. The molecule has 0 heterocycles. The number of amides is 1. The average Bonchev–Trinajstić information content (AvgIpc) is 1.93. The van der Waals surface area contributed by atoms with Crippen molar-refractivity contribution in [1.82, 2.24) is 0 Å². The fraction of sp³-hybridized carbons (Fsp3) is 0. The highest BCUT2D eigenvalue weighted by atomic mass is 32.1. The largest absolute Gasteiger partial charge is 0.372 e. The van der Waals surface area contributed by atoms with Gasteiger partial charge in [0.2, 0.25) is 6.41 Å². The standard InChI is InChI=1S/C6H6.CH3NO.H2S/c1-2-4-6-5-3-1;2-1-3;/h1-6H;1H,(H2,2,3);1H2. The van der Waals surface area contributed by atoms with E-state index < -0.39 is 0 Å². The Kier molecular flexibility index (Phi) is 12.9. The van der Waals surface area contributed by atoms with Gasteiger partial charge in [-0.25, -0.2) is 0 Å². The summed E-state index contributed by atoms with van der Waals surface area (Å²) >= 11 is 0. The molecular weight excluding hydrogens is 146 g/mol.